The number of nitrogens with two attached hydrogens (primary N) is 1. The maximum absolute atomic E-state index is 12.4. The van der Waals surface area contributed by atoms with Gasteiger partial charge in [0, 0.05) is 10.6 Å². The van der Waals surface area contributed by atoms with Crippen LogP contribution in [0.1, 0.15) is 18.1 Å². The van der Waals surface area contributed by atoms with Crippen LogP contribution in [0.5, 0.6) is 0 Å². The Balaban J connectivity index is 2.21. The number of rotatable bonds is 5. The molecule has 0 aliphatic rings. The summed E-state index contributed by atoms with van der Waals surface area (Å²) in [4.78, 5) is 13.4. The van der Waals surface area contributed by atoms with Crippen LogP contribution in [0.15, 0.2) is 52.3 Å². The SMILES string of the molecule is Cc1cc(S(N)(=O)=O)cc(NC(=O)C(C)Sc2ccccc2)c1C. The predicted octanol–water partition coefficient (Wildman–Crippen LogP) is 3.07. The highest BCUT2D eigenvalue weighted by atomic mass is 32.2. The highest BCUT2D eigenvalue weighted by molar-refractivity contribution is 8.00. The molecule has 1 amide bonds. The Kier molecular flexibility index (Phi) is 5.69. The van der Waals surface area contributed by atoms with Gasteiger partial charge in [-0.25, -0.2) is 13.6 Å². The average molecular weight is 364 g/mol. The number of sulfonamides is 1. The van der Waals surface area contributed by atoms with Crippen molar-refractivity contribution in [2.24, 2.45) is 5.14 Å². The van der Waals surface area contributed by atoms with Crippen LogP contribution in [0.2, 0.25) is 0 Å². The lowest BCUT2D eigenvalue weighted by Crippen LogP contribution is -2.23. The van der Waals surface area contributed by atoms with E-state index in [1.807, 2.05) is 37.3 Å². The van der Waals surface area contributed by atoms with E-state index in [1.54, 1.807) is 13.8 Å². The highest BCUT2D eigenvalue weighted by Gasteiger charge is 2.18. The normalized spacial score (nSPS) is 12.7. The maximum atomic E-state index is 12.4. The quantitative estimate of drug-likeness (QED) is 0.798. The van der Waals surface area contributed by atoms with E-state index in [4.69, 9.17) is 5.14 Å². The van der Waals surface area contributed by atoms with Gasteiger partial charge in [-0.2, -0.15) is 0 Å². The number of anilines is 1. The van der Waals surface area contributed by atoms with Crippen LogP contribution in [0, 0.1) is 13.8 Å². The minimum absolute atomic E-state index is 0.00994. The van der Waals surface area contributed by atoms with Crippen LogP contribution < -0.4 is 10.5 Å². The third kappa shape index (κ3) is 4.59. The van der Waals surface area contributed by atoms with Crippen molar-refractivity contribution in [2.75, 3.05) is 5.32 Å². The van der Waals surface area contributed by atoms with Crippen molar-refractivity contribution >= 4 is 33.4 Å². The third-order valence-electron chi connectivity index (χ3n) is 3.65. The Labute approximate surface area is 146 Å². The van der Waals surface area contributed by atoms with Crippen molar-refractivity contribution in [3.05, 3.63) is 53.6 Å². The number of hydrogen-bond acceptors (Lipinski definition) is 4. The molecule has 0 fully saturated rings. The van der Waals surface area contributed by atoms with Gasteiger partial charge in [0.1, 0.15) is 0 Å². The number of carbonyl (C=O) groups excluding carboxylic acids is 1. The second-order valence-corrected chi connectivity index (χ2v) is 8.50. The lowest BCUT2D eigenvalue weighted by Gasteiger charge is -2.16. The van der Waals surface area contributed by atoms with Gasteiger partial charge in [0.2, 0.25) is 15.9 Å². The van der Waals surface area contributed by atoms with Gasteiger partial charge in [0.25, 0.3) is 0 Å². The second-order valence-electron chi connectivity index (χ2n) is 5.52. The molecule has 1 unspecified atom stereocenters. The number of thioether (sulfide) groups is 1. The molecule has 0 radical (unpaired) electrons. The van der Waals surface area contributed by atoms with Gasteiger partial charge in [-0.1, -0.05) is 18.2 Å². The molecule has 5 nitrogen and oxygen atoms in total. The van der Waals surface area contributed by atoms with Gasteiger partial charge in [0.05, 0.1) is 10.1 Å². The van der Waals surface area contributed by atoms with E-state index in [0.717, 1.165) is 16.0 Å². The molecular formula is C17H20N2O3S2. The molecule has 7 heteroatoms. The zero-order chi connectivity index (χ0) is 17.9. The largest absolute Gasteiger partial charge is 0.325 e. The summed E-state index contributed by atoms with van der Waals surface area (Å²) >= 11 is 1.44. The smallest absolute Gasteiger partial charge is 0.238 e. The van der Waals surface area contributed by atoms with E-state index in [2.05, 4.69) is 5.32 Å². The van der Waals surface area contributed by atoms with E-state index < -0.39 is 10.0 Å². The van der Waals surface area contributed by atoms with Gasteiger partial charge < -0.3 is 5.32 Å². The molecule has 2 aromatic carbocycles. The van der Waals surface area contributed by atoms with Gasteiger partial charge in [0.15, 0.2) is 0 Å². The molecule has 2 aromatic rings. The van der Waals surface area contributed by atoms with E-state index in [-0.39, 0.29) is 16.1 Å². The number of benzene rings is 2. The zero-order valence-corrected chi connectivity index (χ0v) is 15.4. The molecule has 2 rings (SSSR count). The second kappa shape index (κ2) is 7.38. The molecule has 0 aliphatic carbocycles. The van der Waals surface area contributed by atoms with Crippen molar-refractivity contribution in [1.29, 1.82) is 0 Å². The summed E-state index contributed by atoms with van der Waals surface area (Å²) in [6.45, 7) is 5.41. The van der Waals surface area contributed by atoms with Crippen LogP contribution in [0.4, 0.5) is 5.69 Å². The zero-order valence-electron chi connectivity index (χ0n) is 13.7. The van der Waals surface area contributed by atoms with Crippen molar-refractivity contribution in [3.8, 4) is 0 Å². The van der Waals surface area contributed by atoms with Crippen LogP contribution in [0.25, 0.3) is 0 Å². The van der Waals surface area contributed by atoms with Crippen molar-refractivity contribution in [1.82, 2.24) is 0 Å². The molecule has 0 spiro atoms. The summed E-state index contributed by atoms with van der Waals surface area (Å²) in [7, 11) is -3.83. The fraction of sp³-hybridized carbons (Fsp3) is 0.235. The van der Waals surface area contributed by atoms with E-state index >= 15 is 0 Å². The van der Waals surface area contributed by atoms with Gasteiger partial charge >= 0.3 is 0 Å². The number of aryl methyl sites for hydroxylation is 1. The summed E-state index contributed by atoms with van der Waals surface area (Å²) in [5, 5.41) is 7.67. The number of primary sulfonamides is 1. The van der Waals surface area contributed by atoms with Gasteiger partial charge in [-0.05, 0) is 56.2 Å². The number of hydrogen-bond donors (Lipinski definition) is 2. The summed E-state index contributed by atoms with van der Waals surface area (Å²) < 4.78 is 23.1. The van der Waals surface area contributed by atoms with Crippen LogP contribution in [0.3, 0.4) is 0 Å². The molecule has 0 bridgehead atoms. The summed E-state index contributed by atoms with van der Waals surface area (Å²) in [5.41, 5.74) is 2.03. The lowest BCUT2D eigenvalue weighted by atomic mass is 10.1. The molecule has 0 aliphatic heterocycles. The first kappa shape index (κ1) is 18.5. The monoisotopic (exact) mass is 364 g/mol. The lowest BCUT2D eigenvalue weighted by molar-refractivity contribution is -0.115. The third-order valence-corrected chi connectivity index (χ3v) is 5.66. The van der Waals surface area contributed by atoms with Crippen molar-refractivity contribution < 1.29 is 13.2 Å². The fourth-order valence-corrected chi connectivity index (χ4v) is 3.62. The first-order valence-electron chi connectivity index (χ1n) is 7.35. The van der Waals surface area contributed by atoms with Crippen LogP contribution in [-0.2, 0) is 14.8 Å². The first-order valence-corrected chi connectivity index (χ1v) is 9.77. The Bertz CT molecular complexity index is 850. The Morgan fingerprint density at radius 2 is 1.79 bits per heavy atom. The molecule has 0 saturated heterocycles. The van der Waals surface area contributed by atoms with Crippen molar-refractivity contribution in [2.45, 2.75) is 35.8 Å². The summed E-state index contributed by atoms with van der Waals surface area (Å²) in [6, 6.07) is 12.5. The maximum Gasteiger partial charge on any atom is 0.238 e. The Morgan fingerprint density at radius 1 is 1.17 bits per heavy atom. The molecule has 3 N–H and O–H groups in total. The standard InChI is InChI=1S/C17H20N2O3S2/c1-11-9-15(24(18,21)22)10-16(12(11)2)19-17(20)13(3)23-14-7-5-4-6-8-14/h4-10,13H,1-3H3,(H,19,20)(H2,18,21,22). The highest BCUT2D eigenvalue weighted by Crippen LogP contribution is 2.27. The van der Waals surface area contributed by atoms with Crippen LogP contribution in [-0.4, -0.2) is 19.6 Å². The average Bonchev–Trinajstić information content (AvgIpc) is 2.51. The summed E-state index contributed by atoms with van der Waals surface area (Å²) in [6.07, 6.45) is 0. The molecule has 0 aromatic heterocycles. The number of carbonyl (C=O) groups is 1. The minimum Gasteiger partial charge on any atom is -0.325 e. The fourth-order valence-electron chi connectivity index (χ4n) is 2.11. The Hall–Kier alpha value is -1.83. The number of amides is 1. The molecule has 24 heavy (non-hydrogen) atoms. The van der Waals surface area contributed by atoms with E-state index in [9.17, 15) is 13.2 Å². The van der Waals surface area contributed by atoms with Gasteiger partial charge in [-0.15, -0.1) is 11.8 Å². The minimum atomic E-state index is -3.83. The van der Waals surface area contributed by atoms with Gasteiger partial charge in [-0.3, -0.25) is 4.79 Å². The summed E-state index contributed by atoms with van der Waals surface area (Å²) in [5.74, 6) is -0.196. The van der Waals surface area contributed by atoms with E-state index in [1.165, 1.54) is 23.9 Å². The molecule has 128 valence electrons. The molecular weight excluding hydrogens is 344 g/mol. The van der Waals surface area contributed by atoms with Crippen molar-refractivity contribution in [3.63, 3.8) is 0 Å². The predicted molar refractivity (Wildman–Crippen MR) is 97.7 cm³/mol. The first-order chi connectivity index (χ1) is 11.2. The topological polar surface area (TPSA) is 89.3 Å². The molecule has 0 saturated carbocycles. The Morgan fingerprint density at radius 3 is 2.38 bits per heavy atom. The number of nitrogens with one attached hydrogen (secondary N) is 1. The molecule has 1 atom stereocenters. The van der Waals surface area contributed by atoms with Crippen LogP contribution >= 0.6 is 11.8 Å². The van der Waals surface area contributed by atoms with E-state index in [0.29, 0.717) is 5.69 Å². The molecule has 0 heterocycles.